The minimum absolute atomic E-state index is 0.132. The van der Waals surface area contributed by atoms with Gasteiger partial charge in [0.2, 0.25) is 0 Å². The smallest absolute Gasteiger partial charge is 0.306 e. The number of hydrogen-bond donors (Lipinski definition) is 2. The molecule has 2 amide bonds. The molecule has 27 heavy (non-hydrogen) atoms. The average Bonchev–Trinajstić information content (AvgIpc) is 3.20. The van der Waals surface area contributed by atoms with Gasteiger partial charge in [-0.1, -0.05) is 19.1 Å². The zero-order chi connectivity index (χ0) is 19.6. The summed E-state index contributed by atoms with van der Waals surface area (Å²) in [6.07, 6.45) is 0.619. The molecule has 0 radical (unpaired) electrons. The molecular weight excluding hydrogens is 364 g/mol. The molecule has 144 valence electrons. The van der Waals surface area contributed by atoms with E-state index in [0.29, 0.717) is 24.2 Å². The zero-order valence-electron chi connectivity index (χ0n) is 15.5. The third kappa shape index (κ3) is 6.86. The summed E-state index contributed by atoms with van der Waals surface area (Å²) in [5.74, 6) is -1.01. The van der Waals surface area contributed by atoms with Crippen LogP contribution in [0, 0.1) is 0 Å². The van der Waals surface area contributed by atoms with Gasteiger partial charge in [0.25, 0.3) is 11.8 Å². The van der Waals surface area contributed by atoms with Gasteiger partial charge in [-0.2, -0.15) is 11.3 Å². The molecule has 0 aliphatic rings. The van der Waals surface area contributed by atoms with Crippen molar-refractivity contribution in [3.8, 4) is 0 Å². The highest BCUT2D eigenvalue weighted by atomic mass is 32.1. The maximum Gasteiger partial charge on any atom is 0.306 e. The van der Waals surface area contributed by atoms with Gasteiger partial charge in [-0.25, -0.2) is 0 Å². The quantitative estimate of drug-likeness (QED) is 0.509. The molecule has 1 aromatic carbocycles. The van der Waals surface area contributed by atoms with Gasteiger partial charge in [0.05, 0.1) is 0 Å². The first-order valence-electron chi connectivity index (χ1n) is 8.89. The molecule has 0 fully saturated rings. The minimum Gasteiger partial charge on any atom is -0.453 e. The molecule has 1 heterocycles. The van der Waals surface area contributed by atoms with E-state index in [-0.39, 0.29) is 18.2 Å². The molecule has 0 saturated heterocycles. The number of ether oxygens (including phenoxy) is 1. The molecule has 0 saturated carbocycles. The monoisotopic (exact) mass is 388 g/mol. The van der Waals surface area contributed by atoms with Crippen LogP contribution in [0.1, 0.15) is 42.6 Å². The number of carbonyl (C=O) groups is 3. The normalized spacial score (nSPS) is 11.5. The summed E-state index contributed by atoms with van der Waals surface area (Å²) in [6, 6.07) is 9.26. The molecule has 1 unspecified atom stereocenters. The minimum atomic E-state index is -0.885. The Labute approximate surface area is 162 Å². The summed E-state index contributed by atoms with van der Waals surface area (Å²) >= 11 is 1.45. The Bertz CT molecular complexity index is 757. The van der Waals surface area contributed by atoms with Crippen LogP contribution in [-0.4, -0.2) is 30.4 Å². The molecule has 0 aliphatic heterocycles. The van der Waals surface area contributed by atoms with Crippen molar-refractivity contribution >= 4 is 34.8 Å². The molecule has 1 atom stereocenters. The fourth-order valence-corrected chi connectivity index (χ4v) is 2.94. The summed E-state index contributed by atoms with van der Waals surface area (Å²) in [5, 5.41) is 9.06. The summed E-state index contributed by atoms with van der Waals surface area (Å²) in [5.41, 5.74) is 2.45. The van der Waals surface area contributed by atoms with Gasteiger partial charge in [-0.3, -0.25) is 14.4 Å². The average molecular weight is 388 g/mol. The molecule has 0 spiro atoms. The lowest BCUT2D eigenvalue weighted by Crippen LogP contribution is -2.30. The van der Waals surface area contributed by atoms with Crippen molar-refractivity contribution in [1.82, 2.24) is 5.32 Å². The highest BCUT2D eigenvalue weighted by Gasteiger charge is 2.17. The Kier molecular flexibility index (Phi) is 8.00. The van der Waals surface area contributed by atoms with Crippen LogP contribution in [0.15, 0.2) is 41.1 Å². The molecule has 2 rings (SSSR count). The number of nitrogens with one attached hydrogen (secondary N) is 2. The summed E-state index contributed by atoms with van der Waals surface area (Å²) in [6.45, 7) is 3.96. The predicted octanol–water partition coefficient (Wildman–Crippen LogP) is 3.39. The lowest BCUT2D eigenvalue weighted by Gasteiger charge is -2.14. The van der Waals surface area contributed by atoms with Crippen molar-refractivity contribution in [2.75, 3.05) is 11.9 Å². The first-order valence-corrected chi connectivity index (χ1v) is 9.83. The largest absolute Gasteiger partial charge is 0.453 e. The summed E-state index contributed by atoms with van der Waals surface area (Å²) < 4.78 is 5.15. The fourth-order valence-electron chi connectivity index (χ4n) is 2.31. The summed E-state index contributed by atoms with van der Waals surface area (Å²) in [4.78, 5) is 35.7. The molecule has 6 nitrogen and oxygen atoms in total. The maximum atomic E-state index is 12.1. The first kappa shape index (κ1) is 20.6. The second kappa shape index (κ2) is 10.5. The standard InChI is InChI=1S/C20H24N2O4S/c1-3-15-6-8-17(9-7-15)22-19(24)14(2)26-18(23)5-4-11-21-20(25)16-10-12-27-13-16/h6-10,12-14H,3-5,11H2,1-2H3,(H,21,25)(H,22,24). The predicted molar refractivity (Wildman–Crippen MR) is 106 cm³/mol. The number of aryl methyl sites for hydroxylation is 1. The maximum absolute atomic E-state index is 12.1. The van der Waals surface area contributed by atoms with E-state index in [9.17, 15) is 14.4 Å². The molecule has 2 aromatic rings. The van der Waals surface area contributed by atoms with Crippen LogP contribution in [0.2, 0.25) is 0 Å². The third-order valence-corrected chi connectivity index (χ3v) is 4.62. The van der Waals surface area contributed by atoms with E-state index in [1.165, 1.54) is 23.8 Å². The second-order valence-corrected chi connectivity index (χ2v) is 6.82. The Morgan fingerprint density at radius 1 is 1.15 bits per heavy atom. The van der Waals surface area contributed by atoms with E-state index in [4.69, 9.17) is 4.74 Å². The first-order chi connectivity index (χ1) is 13.0. The SMILES string of the molecule is CCc1ccc(NC(=O)C(C)OC(=O)CCCNC(=O)c2ccsc2)cc1. The van der Waals surface area contributed by atoms with Gasteiger partial charge in [0.15, 0.2) is 6.10 Å². The van der Waals surface area contributed by atoms with E-state index in [2.05, 4.69) is 17.6 Å². The molecule has 1 aromatic heterocycles. The molecule has 7 heteroatoms. The number of thiophene rings is 1. The highest BCUT2D eigenvalue weighted by molar-refractivity contribution is 7.08. The number of rotatable bonds is 9. The Morgan fingerprint density at radius 2 is 1.89 bits per heavy atom. The van der Waals surface area contributed by atoms with Gasteiger partial charge < -0.3 is 15.4 Å². The molecule has 2 N–H and O–H groups in total. The molecular formula is C20H24N2O4S. The number of anilines is 1. The van der Waals surface area contributed by atoms with Gasteiger partial charge in [0.1, 0.15) is 0 Å². The molecule has 0 bridgehead atoms. The van der Waals surface area contributed by atoms with Gasteiger partial charge in [-0.05, 0) is 48.9 Å². The van der Waals surface area contributed by atoms with E-state index in [1.807, 2.05) is 29.6 Å². The van der Waals surface area contributed by atoms with Crippen LogP contribution in [-0.2, 0) is 20.7 Å². The van der Waals surface area contributed by atoms with Gasteiger partial charge in [0, 0.05) is 29.6 Å². The van der Waals surface area contributed by atoms with Crippen LogP contribution < -0.4 is 10.6 Å². The van der Waals surface area contributed by atoms with Crippen LogP contribution in [0.5, 0.6) is 0 Å². The lowest BCUT2D eigenvalue weighted by molar-refractivity contribution is -0.153. The van der Waals surface area contributed by atoms with Crippen LogP contribution >= 0.6 is 11.3 Å². The van der Waals surface area contributed by atoms with Gasteiger partial charge in [-0.15, -0.1) is 0 Å². The van der Waals surface area contributed by atoms with Crippen LogP contribution in [0.25, 0.3) is 0 Å². The topological polar surface area (TPSA) is 84.5 Å². The Balaban J connectivity index is 1.66. The Morgan fingerprint density at radius 3 is 2.52 bits per heavy atom. The highest BCUT2D eigenvalue weighted by Crippen LogP contribution is 2.11. The van der Waals surface area contributed by atoms with Crippen LogP contribution in [0.3, 0.4) is 0 Å². The van der Waals surface area contributed by atoms with Crippen molar-refractivity contribution in [3.05, 3.63) is 52.2 Å². The van der Waals surface area contributed by atoms with Crippen molar-refractivity contribution in [1.29, 1.82) is 0 Å². The van der Waals surface area contributed by atoms with Crippen molar-refractivity contribution in [2.24, 2.45) is 0 Å². The fraction of sp³-hybridized carbons (Fsp3) is 0.350. The number of hydrogen-bond acceptors (Lipinski definition) is 5. The van der Waals surface area contributed by atoms with E-state index >= 15 is 0 Å². The van der Waals surface area contributed by atoms with Crippen molar-refractivity contribution in [2.45, 2.75) is 39.2 Å². The van der Waals surface area contributed by atoms with E-state index in [1.54, 1.807) is 11.4 Å². The van der Waals surface area contributed by atoms with E-state index < -0.39 is 12.1 Å². The number of benzene rings is 1. The van der Waals surface area contributed by atoms with E-state index in [0.717, 1.165) is 6.42 Å². The lowest BCUT2D eigenvalue weighted by atomic mass is 10.1. The molecule has 0 aliphatic carbocycles. The zero-order valence-corrected chi connectivity index (χ0v) is 16.3. The van der Waals surface area contributed by atoms with Crippen molar-refractivity contribution < 1.29 is 19.1 Å². The van der Waals surface area contributed by atoms with Crippen molar-refractivity contribution in [3.63, 3.8) is 0 Å². The number of carbonyl (C=O) groups excluding carboxylic acids is 3. The van der Waals surface area contributed by atoms with Crippen LogP contribution in [0.4, 0.5) is 5.69 Å². The summed E-state index contributed by atoms with van der Waals surface area (Å²) in [7, 11) is 0. The Hall–Kier alpha value is -2.67. The number of esters is 1. The second-order valence-electron chi connectivity index (χ2n) is 6.04. The third-order valence-electron chi connectivity index (χ3n) is 3.93. The van der Waals surface area contributed by atoms with Gasteiger partial charge >= 0.3 is 5.97 Å². The number of amides is 2.